The molecule has 0 aliphatic rings. The number of aromatic nitrogens is 2. The Balaban J connectivity index is 1.76. The van der Waals surface area contributed by atoms with Gasteiger partial charge in [-0.3, -0.25) is 4.79 Å². The molecular formula is C23H14Cl2N2O3. The molecule has 5 nitrogen and oxygen atoms in total. The SMILES string of the molecule is O=C(O)/C=C/c1cccc(-c2cnc3[nH]cc(C(=O)c4ccc(Cl)cc4Cl)c3c2)c1. The Hall–Kier alpha value is -3.41. The van der Waals surface area contributed by atoms with E-state index in [1.807, 2.05) is 30.3 Å². The van der Waals surface area contributed by atoms with E-state index in [1.165, 1.54) is 12.1 Å². The summed E-state index contributed by atoms with van der Waals surface area (Å²) in [5.74, 6) is -1.25. The fourth-order valence-electron chi connectivity index (χ4n) is 3.16. The van der Waals surface area contributed by atoms with E-state index in [0.29, 0.717) is 27.2 Å². The molecule has 0 unspecified atom stereocenters. The zero-order chi connectivity index (χ0) is 21.3. The number of fused-ring (bicyclic) bond motifs is 1. The van der Waals surface area contributed by atoms with E-state index in [2.05, 4.69) is 9.97 Å². The van der Waals surface area contributed by atoms with Gasteiger partial charge in [-0.15, -0.1) is 0 Å². The van der Waals surface area contributed by atoms with Crippen LogP contribution in [0.25, 0.3) is 28.2 Å². The molecule has 0 saturated heterocycles. The number of rotatable bonds is 5. The summed E-state index contributed by atoms with van der Waals surface area (Å²) in [6.45, 7) is 0. The smallest absolute Gasteiger partial charge is 0.328 e. The summed E-state index contributed by atoms with van der Waals surface area (Å²) in [6.07, 6.45) is 5.91. The van der Waals surface area contributed by atoms with Gasteiger partial charge in [-0.2, -0.15) is 0 Å². The zero-order valence-electron chi connectivity index (χ0n) is 15.4. The summed E-state index contributed by atoms with van der Waals surface area (Å²) in [7, 11) is 0. The number of halogens is 2. The lowest BCUT2D eigenvalue weighted by Crippen LogP contribution is -2.01. The van der Waals surface area contributed by atoms with Crippen molar-refractivity contribution in [3.05, 3.63) is 93.7 Å². The van der Waals surface area contributed by atoms with Crippen LogP contribution in [-0.2, 0) is 4.79 Å². The van der Waals surface area contributed by atoms with Crippen molar-refractivity contribution < 1.29 is 14.7 Å². The summed E-state index contributed by atoms with van der Waals surface area (Å²) in [5.41, 5.74) is 3.77. The van der Waals surface area contributed by atoms with Crippen LogP contribution in [0.15, 0.2) is 67.0 Å². The van der Waals surface area contributed by atoms with E-state index in [4.69, 9.17) is 28.3 Å². The number of hydrogen-bond donors (Lipinski definition) is 2. The normalized spacial score (nSPS) is 11.3. The van der Waals surface area contributed by atoms with E-state index < -0.39 is 5.97 Å². The third kappa shape index (κ3) is 3.99. The molecule has 148 valence electrons. The van der Waals surface area contributed by atoms with Crippen molar-refractivity contribution in [2.24, 2.45) is 0 Å². The van der Waals surface area contributed by atoms with Crippen molar-refractivity contribution in [3.63, 3.8) is 0 Å². The second kappa shape index (κ2) is 8.14. The minimum atomic E-state index is -1.01. The number of carboxylic acids is 1. The number of ketones is 1. The molecule has 4 rings (SSSR count). The van der Waals surface area contributed by atoms with Gasteiger partial charge in [0, 0.05) is 45.6 Å². The molecule has 2 aromatic carbocycles. The molecule has 0 radical (unpaired) electrons. The van der Waals surface area contributed by atoms with Crippen LogP contribution in [0, 0.1) is 0 Å². The van der Waals surface area contributed by atoms with E-state index in [-0.39, 0.29) is 10.8 Å². The van der Waals surface area contributed by atoms with E-state index in [9.17, 15) is 9.59 Å². The molecule has 0 saturated carbocycles. The first kappa shape index (κ1) is 19.9. The predicted molar refractivity (Wildman–Crippen MR) is 118 cm³/mol. The average Bonchev–Trinajstić information content (AvgIpc) is 3.15. The van der Waals surface area contributed by atoms with Crippen molar-refractivity contribution in [1.29, 1.82) is 0 Å². The van der Waals surface area contributed by atoms with Crippen LogP contribution in [0.3, 0.4) is 0 Å². The first-order valence-corrected chi connectivity index (χ1v) is 9.66. The van der Waals surface area contributed by atoms with Crippen molar-refractivity contribution in [1.82, 2.24) is 9.97 Å². The van der Waals surface area contributed by atoms with Gasteiger partial charge in [0.15, 0.2) is 5.78 Å². The molecule has 4 aromatic rings. The lowest BCUT2D eigenvalue weighted by molar-refractivity contribution is -0.131. The van der Waals surface area contributed by atoms with Crippen molar-refractivity contribution in [2.45, 2.75) is 0 Å². The highest BCUT2D eigenvalue weighted by molar-refractivity contribution is 6.38. The highest BCUT2D eigenvalue weighted by Gasteiger charge is 2.18. The van der Waals surface area contributed by atoms with Crippen LogP contribution in [-0.4, -0.2) is 26.8 Å². The van der Waals surface area contributed by atoms with E-state index in [0.717, 1.165) is 22.8 Å². The number of benzene rings is 2. The number of nitrogens with one attached hydrogen (secondary N) is 1. The minimum absolute atomic E-state index is 0.236. The molecule has 0 fully saturated rings. The van der Waals surface area contributed by atoms with Crippen LogP contribution in [0.4, 0.5) is 0 Å². The molecule has 0 amide bonds. The number of hydrogen-bond acceptors (Lipinski definition) is 3. The van der Waals surface area contributed by atoms with Crippen LogP contribution in [0.2, 0.25) is 10.0 Å². The molecule has 2 aromatic heterocycles. The maximum Gasteiger partial charge on any atom is 0.328 e. The third-order valence-corrected chi connectivity index (χ3v) is 5.14. The molecule has 0 bridgehead atoms. The Kier molecular flexibility index (Phi) is 5.40. The molecule has 7 heteroatoms. The van der Waals surface area contributed by atoms with Gasteiger partial charge in [0.25, 0.3) is 0 Å². The number of nitrogens with zero attached hydrogens (tertiary/aromatic N) is 1. The minimum Gasteiger partial charge on any atom is -0.478 e. The number of pyridine rings is 1. The fourth-order valence-corrected chi connectivity index (χ4v) is 3.65. The fraction of sp³-hybridized carbons (Fsp3) is 0. The maximum absolute atomic E-state index is 13.1. The standard InChI is InChI=1S/C23H14Cl2N2O3/c24-16-5-6-17(20(25)10-16)22(30)19-12-27-23-18(19)9-15(11-26-23)14-3-1-2-13(8-14)4-7-21(28)29/h1-12H,(H,26,27)(H,28,29)/b7-4+. The highest BCUT2D eigenvalue weighted by atomic mass is 35.5. The molecular weight excluding hydrogens is 423 g/mol. The average molecular weight is 437 g/mol. The third-order valence-electron chi connectivity index (χ3n) is 4.59. The molecule has 0 spiro atoms. The van der Waals surface area contributed by atoms with E-state index >= 15 is 0 Å². The van der Waals surface area contributed by atoms with Gasteiger partial charge >= 0.3 is 5.97 Å². The zero-order valence-corrected chi connectivity index (χ0v) is 16.9. The lowest BCUT2D eigenvalue weighted by Gasteiger charge is -2.05. The molecule has 0 aliphatic carbocycles. The summed E-state index contributed by atoms with van der Waals surface area (Å²) in [6, 6.07) is 14.0. The predicted octanol–water partition coefficient (Wildman–Crippen LogP) is 5.87. The van der Waals surface area contributed by atoms with Crippen molar-refractivity contribution in [3.8, 4) is 11.1 Å². The number of carbonyl (C=O) groups excluding carboxylic acids is 1. The molecule has 2 N–H and O–H groups in total. The van der Waals surface area contributed by atoms with Crippen LogP contribution in [0.5, 0.6) is 0 Å². The Morgan fingerprint density at radius 3 is 2.60 bits per heavy atom. The summed E-state index contributed by atoms with van der Waals surface area (Å²) in [5, 5.41) is 10.2. The molecule has 30 heavy (non-hydrogen) atoms. The molecule has 2 heterocycles. The van der Waals surface area contributed by atoms with Crippen LogP contribution < -0.4 is 0 Å². The van der Waals surface area contributed by atoms with Crippen LogP contribution >= 0.6 is 23.2 Å². The van der Waals surface area contributed by atoms with Gasteiger partial charge < -0.3 is 10.1 Å². The number of carboxylic acid groups (broad SMARTS) is 1. The van der Waals surface area contributed by atoms with Gasteiger partial charge in [-0.05, 0) is 47.5 Å². The number of carbonyl (C=O) groups is 2. The highest BCUT2D eigenvalue weighted by Crippen LogP contribution is 2.29. The monoisotopic (exact) mass is 436 g/mol. The van der Waals surface area contributed by atoms with Crippen molar-refractivity contribution >= 4 is 52.1 Å². The van der Waals surface area contributed by atoms with Gasteiger partial charge in [0.2, 0.25) is 0 Å². The number of H-pyrrole nitrogens is 1. The Labute approximate surface area is 181 Å². The second-order valence-corrected chi connectivity index (χ2v) is 7.42. The Morgan fingerprint density at radius 2 is 1.83 bits per heavy atom. The van der Waals surface area contributed by atoms with Gasteiger partial charge in [0.05, 0.1) is 5.02 Å². The first-order valence-electron chi connectivity index (χ1n) is 8.91. The molecule has 0 atom stereocenters. The van der Waals surface area contributed by atoms with Crippen molar-refractivity contribution in [2.75, 3.05) is 0 Å². The quantitative estimate of drug-likeness (QED) is 0.302. The maximum atomic E-state index is 13.1. The van der Waals surface area contributed by atoms with Crippen LogP contribution in [0.1, 0.15) is 21.5 Å². The molecule has 0 aliphatic heterocycles. The summed E-state index contributed by atoms with van der Waals surface area (Å²) >= 11 is 12.1. The first-order chi connectivity index (χ1) is 14.4. The van der Waals surface area contributed by atoms with Gasteiger partial charge in [0.1, 0.15) is 5.65 Å². The number of aromatic amines is 1. The topological polar surface area (TPSA) is 83.0 Å². The Bertz CT molecular complexity index is 1330. The lowest BCUT2D eigenvalue weighted by atomic mass is 10.00. The number of aliphatic carboxylic acids is 1. The summed E-state index contributed by atoms with van der Waals surface area (Å²) in [4.78, 5) is 31.3. The second-order valence-electron chi connectivity index (χ2n) is 6.57. The van der Waals surface area contributed by atoms with E-state index in [1.54, 1.807) is 24.5 Å². The Morgan fingerprint density at radius 1 is 1.00 bits per heavy atom. The van der Waals surface area contributed by atoms with Gasteiger partial charge in [-0.1, -0.05) is 41.4 Å². The largest absolute Gasteiger partial charge is 0.478 e. The van der Waals surface area contributed by atoms with Gasteiger partial charge in [-0.25, -0.2) is 9.78 Å². The summed E-state index contributed by atoms with van der Waals surface area (Å²) < 4.78 is 0.